The van der Waals surface area contributed by atoms with Crippen molar-refractivity contribution in [1.29, 1.82) is 0 Å². The average Bonchev–Trinajstić information content (AvgIpc) is 2.83. The van der Waals surface area contributed by atoms with E-state index in [0.29, 0.717) is 0 Å². The van der Waals surface area contributed by atoms with E-state index in [2.05, 4.69) is 17.1 Å². The van der Waals surface area contributed by atoms with Gasteiger partial charge in [-0.05, 0) is 49.2 Å². The number of pyridine rings is 1. The highest BCUT2D eigenvalue weighted by Gasteiger charge is 2.07. The lowest BCUT2D eigenvalue weighted by molar-refractivity contribution is -0.137. The molecule has 4 nitrogen and oxygen atoms in total. The first-order valence-corrected chi connectivity index (χ1v) is 6.79. The van der Waals surface area contributed by atoms with Gasteiger partial charge in [0, 0.05) is 34.6 Å². The third kappa shape index (κ3) is 2.52. The van der Waals surface area contributed by atoms with Crippen LogP contribution >= 0.6 is 0 Å². The lowest BCUT2D eigenvalue weighted by atomic mass is 10.0. The molecule has 0 saturated carbocycles. The Balaban J connectivity index is 2.05. The molecule has 0 aliphatic heterocycles. The van der Waals surface area contributed by atoms with Crippen LogP contribution in [0.5, 0.6) is 0 Å². The average molecular weight is 280 g/mol. The van der Waals surface area contributed by atoms with Gasteiger partial charge in [0.2, 0.25) is 0 Å². The van der Waals surface area contributed by atoms with E-state index in [1.165, 1.54) is 0 Å². The van der Waals surface area contributed by atoms with Crippen LogP contribution in [0.3, 0.4) is 0 Å². The Kier molecular flexibility index (Phi) is 3.22. The second-order valence-electron chi connectivity index (χ2n) is 5.24. The van der Waals surface area contributed by atoms with Crippen LogP contribution in [0.25, 0.3) is 22.0 Å². The van der Waals surface area contributed by atoms with Crippen molar-refractivity contribution in [2.75, 3.05) is 0 Å². The number of aliphatic carboxylic acids is 1. The first kappa shape index (κ1) is 13.4. The number of carboxylic acids is 1. The van der Waals surface area contributed by atoms with E-state index in [1.54, 1.807) is 10.8 Å². The minimum Gasteiger partial charge on any atom is -0.480 e. The lowest BCUT2D eigenvalue weighted by Gasteiger charge is -2.06. The van der Waals surface area contributed by atoms with Gasteiger partial charge in [-0.25, -0.2) is 0 Å². The van der Waals surface area contributed by atoms with Gasteiger partial charge in [0.1, 0.15) is 6.54 Å². The molecule has 2 heterocycles. The van der Waals surface area contributed by atoms with Gasteiger partial charge in [-0.2, -0.15) is 0 Å². The number of fused-ring (bicyclic) bond motifs is 1. The second kappa shape index (κ2) is 5.05. The number of carbonyl (C=O) groups is 1. The third-order valence-corrected chi connectivity index (χ3v) is 3.75. The number of aromatic nitrogens is 2. The van der Waals surface area contributed by atoms with Crippen LogP contribution in [-0.4, -0.2) is 20.6 Å². The van der Waals surface area contributed by atoms with Gasteiger partial charge >= 0.3 is 5.97 Å². The molecule has 106 valence electrons. The Morgan fingerprint density at radius 1 is 1.19 bits per heavy atom. The SMILES string of the molecule is Cc1cc(-c2ccc3c(ccn3CC(=O)O)c2)cnc1C. The maximum atomic E-state index is 10.8. The Labute approximate surface area is 122 Å². The molecule has 1 aromatic carbocycles. The van der Waals surface area contributed by atoms with Gasteiger partial charge in [-0.3, -0.25) is 9.78 Å². The van der Waals surface area contributed by atoms with Gasteiger partial charge in [0.05, 0.1) is 0 Å². The zero-order chi connectivity index (χ0) is 15.0. The summed E-state index contributed by atoms with van der Waals surface area (Å²) < 4.78 is 1.74. The molecule has 0 spiro atoms. The molecule has 0 fully saturated rings. The molecular formula is C17H16N2O2. The normalized spacial score (nSPS) is 11.0. The minimum absolute atomic E-state index is 0.0198. The quantitative estimate of drug-likeness (QED) is 0.800. The summed E-state index contributed by atoms with van der Waals surface area (Å²) in [6, 6.07) is 10.1. The van der Waals surface area contributed by atoms with Gasteiger partial charge in [-0.15, -0.1) is 0 Å². The van der Waals surface area contributed by atoms with Crippen LogP contribution in [0, 0.1) is 13.8 Å². The largest absolute Gasteiger partial charge is 0.480 e. The number of nitrogens with zero attached hydrogens (tertiary/aromatic N) is 2. The first-order valence-electron chi connectivity index (χ1n) is 6.79. The Bertz CT molecular complexity index is 834. The predicted octanol–water partition coefficient (Wildman–Crippen LogP) is 3.40. The molecule has 0 radical (unpaired) electrons. The van der Waals surface area contributed by atoms with Gasteiger partial charge in [-0.1, -0.05) is 6.07 Å². The molecule has 3 aromatic rings. The zero-order valence-corrected chi connectivity index (χ0v) is 12.0. The van der Waals surface area contributed by atoms with Crippen LogP contribution in [0.2, 0.25) is 0 Å². The summed E-state index contributed by atoms with van der Waals surface area (Å²) in [6.45, 7) is 4.02. The highest BCUT2D eigenvalue weighted by Crippen LogP contribution is 2.26. The molecule has 4 heteroatoms. The molecule has 0 aliphatic rings. The Morgan fingerprint density at radius 2 is 2.00 bits per heavy atom. The van der Waals surface area contributed by atoms with Gasteiger partial charge < -0.3 is 9.67 Å². The molecule has 0 bridgehead atoms. The van der Waals surface area contributed by atoms with Crippen molar-refractivity contribution in [1.82, 2.24) is 9.55 Å². The van der Waals surface area contributed by atoms with Crippen LogP contribution in [0.1, 0.15) is 11.3 Å². The minimum atomic E-state index is -0.838. The summed E-state index contributed by atoms with van der Waals surface area (Å²) in [5, 5.41) is 9.94. The number of benzene rings is 1. The molecule has 0 aliphatic carbocycles. The molecular weight excluding hydrogens is 264 g/mol. The van der Waals surface area contributed by atoms with Crippen molar-refractivity contribution >= 4 is 16.9 Å². The Hall–Kier alpha value is -2.62. The molecule has 0 saturated heterocycles. The van der Waals surface area contributed by atoms with E-state index < -0.39 is 5.97 Å². The molecule has 2 aromatic heterocycles. The number of rotatable bonds is 3. The summed E-state index contributed by atoms with van der Waals surface area (Å²) in [7, 11) is 0. The predicted molar refractivity (Wildman–Crippen MR) is 82.3 cm³/mol. The van der Waals surface area contributed by atoms with Crippen molar-refractivity contribution in [2.24, 2.45) is 0 Å². The molecule has 21 heavy (non-hydrogen) atoms. The maximum absolute atomic E-state index is 10.8. The second-order valence-corrected chi connectivity index (χ2v) is 5.24. The fourth-order valence-corrected chi connectivity index (χ4v) is 2.46. The summed E-state index contributed by atoms with van der Waals surface area (Å²) >= 11 is 0. The van der Waals surface area contributed by atoms with Crippen molar-refractivity contribution < 1.29 is 9.90 Å². The highest BCUT2D eigenvalue weighted by atomic mass is 16.4. The van der Waals surface area contributed by atoms with Crippen LogP contribution in [0.4, 0.5) is 0 Å². The summed E-state index contributed by atoms with van der Waals surface area (Å²) in [6.07, 6.45) is 3.68. The number of hydrogen-bond donors (Lipinski definition) is 1. The first-order chi connectivity index (χ1) is 10.0. The number of aryl methyl sites for hydroxylation is 2. The maximum Gasteiger partial charge on any atom is 0.323 e. The van der Waals surface area contributed by atoms with Crippen molar-refractivity contribution in [3.63, 3.8) is 0 Å². The van der Waals surface area contributed by atoms with E-state index in [9.17, 15) is 4.79 Å². The van der Waals surface area contributed by atoms with E-state index in [-0.39, 0.29) is 6.54 Å². The molecule has 3 rings (SSSR count). The van der Waals surface area contributed by atoms with Gasteiger partial charge in [0.15, 0.2) is 0 Å². The standard InChI is InChI=1S/C17H16N2O2/c1-11-7-15(9-18-12(11)2)13-3-4-16-14(8-13)5-6-19(16)10-17(20)21/h3-9H,10H2,1-2H3,(H,20,21). The van der Waals surface area contributed by atoms with Crippen molar-refractivity contribution in [3.8, 4) is 11.1 Å². The lowest BCUT2D eigenvalue weighted by Crippen LogP contribution is -2.07. The fraction of sp³-hybridized carbons (Fsp3) is 0.176. The molecule has 0 unspecified atom stereocenters. The number of hydrogen-bond acceptors (Lipinski definition) is 2. The van der Waals surface area contributed by atoms with E-state index in [1.807, 2.05) is 38.2 Å². The van der Waals surface area contributed by atoms with Crippen molar-refractivity contribution in [3.05, 3.63) is 54.0 Å². The van der Waals surface area contributed by atoms with Gasteiger partial charge in [0.25, 0.3) is 0 Å². The summed E-state index contributed by atoms with van der Waals surface area (Å²) in [4.78, 5) is 15.2. The van der Waals surface area contributed by atoms with E-state index in [0.717, 1.165) is 33.3 Å². The van der Waals surface area contributed by atoms with E-state index in [4.69, 9.17) is 5.11 Å². The fourth-order valence-electron chi connectivity index (χ4n) is 2.46. The Morgan fingerprint density at radius 3 is 2.71 bits per heavy atom. The topological polar surface area (TPSA) is 55.1 Å². The zero-order valence-electron chi connectivity index (χ0n) is 12.0. The van der Waals surface area contributed by atoms with Crippen LogP contribution in [-0.2, 0) is 11.3 Å². The van der Waals surface area contributed by atoms with Crippen LogP contribution in [0.15, 0.2) is 42.7 Å². The van der Waals surface area contributed by atoms with Crippen molar-refractivity contribution in [2.45, 2.75) is 20.4 Å². The molecule has 0 atom stereocenters. The molecule has 1 N–H and O–H groups in total. The number of carboxylic acid groups (broad SMARTS) is 1. The highest BCUT2D eigenvalue weighted by molar-refractivity contribution is 5.86. The third-order valence-electron chi connectivity index (χ3n) is 3.75. The summed E-state index contributed by atoms with van der Waals surface area (Å²) in [5.41, 5.74) is 5.29. The summed E-state index contributed by atoms with van der Waals surface area (Å²) in [5.74, 6) is -0.838. The van der Waals surface area contributed by atoms with Crippen LogP contribution < -0.4 is 0 Å². The smallest absolute Gasteiger partial charge is 0.323 e. The van der Waals surface area contributed by atoms with E-state index >= 15 is 0 Å². The molecule has 0 amide bonds. The monoisotopic (exact) mass is 280 g/mol.